The molecule has 0 bridgehead atoms. The van der Waals surface area contributed by atoms with E-state index in [4.69, 9.17) is 0 Å². The van der Waals surface area contributed by atoms with Crippen LogP contribution in [0.25, 0.3) is 0 Å². The number of amides is 2. The molecule has 1 heterocycles. The summed E-state index contributed by atoms with van der Waals surface area (Å²) in [5, 5.41) is 4.94. The molecule has 0 aromatic carbocycles. The molecule has 0 unspecified atom stereocenters. The van der Waals surface area contributed by atoms with Crippen molar-refractivity contribution in [2.75, 3.05) is 0 Å². The summed E-state index contributed by atoms with van der Waals surface area (Å²) >= 11 is 3.32. The SMILES string of the molecule is C=C(F)/C=C\C(NC=O)=C(/C)C(=O)NC1=NC=C(Br)CC=C1. The van der Waals surface area contributed by atoms with E-state index in [0.29, 0.717) is 18.7 Å². The Balaban J connectivity index is 2.95. The summed E-state index contributed by atoms with van der Waals surface area (Å²) in [4.78, 5) is 26.8. The lowest BCUT2D eigenvalue weighted by Crippen LogP contribution is -2.31. The second-order valence-electron chi connectivity index (χ2n) is 4.23. The highest BCUT2D eigenvalue weighted by Crippen LogP contribution is 2.13. The molecule has 5 nitrogen and oxygen atoms in total. The number of aliphatic imine (C=N–C) groups is 1. The smallest absolute Gasteiger partial charge is 0.254 e. The number of nitrogens with one attached hydrogen (secondary N) is 2. The van der Waals surface area contributed by atoms with Gasteiger partial charge in [0.1, 0.15) is 11.7 Å². The molecule has 0 spiro atoms. The van der Waals surface area contributed by atoms with E-state index in [9.17, 15) is 14.0 Å². The maximum absolute atomic E-state index is 12.7. The maximum atomic E-state index is 12.7. The third kappa shape index (κ3) is 6.01. The van der Waals surface area contributed by atoms with Gasteiger partial charge in [-0.1, -0.05) is 28.6 Å². The Morgan fingerprint density at radius 1 is 1.50 bits per heavy atom. The van der Waals surface area contributed by atoms with Crippen molar-refractivity contribution in [1.29, 1.82) is 0 Å². The van der Waals surface area contributed by atoms with E-state index in [0.717, 1.165) is 10.6 Å². The molecule has 1 aliphatic heterocycles. The second kappa shape index (κ2) is 8.89. The standard InChI is InChI=1S/C15H15BrFN3O2/c1-10(17)6-7-13(19-9-21)11(2)15(22)20-14-5-3-4-12(16)8-18-14/h3,5-9H,1,4H2,2H3,(H,19,21)(H,18,20,22)/b7-6-,13-11-. The minimum absolute atomic E-state index is 0.168. The van der Waals surface area contributed by atoms with Gasteiger partial charge in [0.25, 0.3) is 5.91 Å². The lowest BCUT2D eigenvalue weighted by molar-refractivity contribution is -0.116. The van der Waals surface area contributed by atoms with Gasteiger partial charge in [-0.3, -0.25) is 9.59 Å². The van der Waals surface area contributed by atoms with Crippen LogP contribution in [0, 0.1) is 0 Å². The van der Waals surface area contributed by atoms with E-state index in [1.165, 1.54) is 13.0 Å². The quantitative estimate of drug-likeness (QED) is 0.445. The number of carbonyl (C=O) groups excluding carboxylic acids is 2. The lowest BCUT2D eigenvalue weighted by Gasteiger charge is -2.08. The average Bonchev–Trinajstić information content (AvgIpc) is 2.67. The van der Waals surface area contributed by atoms with E-state index in [1.807, 2.05) is 6.08 Å². The van der Waals surface area contributed by atoms with Crippen LogP contribution in [0.5, 0.6) is 0 Å². The molecular formula is C15H15BrFN3O2. The predicted molar refractivity (Wildman–Crippen MR) is 87.6 cm³/mol. The highest BCUT2D eigenvalue weighted by atomic mass is 79.9. The van der Waals surface area contributed by atoms with Gasteiger partial charge in [-0.25, -0.2) is 9.38 Å². The summed E-state index contributed by atoms with van der Waals surface area (Å²) in [5.41, 5.74) is 0.370. The molecule has 0 saturated carbocycles. The van der Waals surface area contributed by atoms with Gasteiger partial charge in [-0.05, 0) is 31.6 Å². The first-order valence-corrected chi connectivity index (χ1v) is 7.07. The fourth-order valence-electron chi connectivity index (χ4n) is 1.44. The molecule has 0 radical (unpaired) electrons. The van der Waals surface area contributed by atoms with Gasteiger partial charge in [0.2, 0.25) is 6.41 Å². The Kier molecular flexibility index (Phi) is 7.18. The Morgan fingerprint density at radius 3 is 2.86 bits per heavy atom. The van der Waals surface area contributed by atoms with Gasteiger partial charge in [0, 0.05) is 22.0 Å². The van der Waals surface area contributed by atoms with Crippen LogP contribution in [0.4, 0.5) is 4.39 Å². The van der Waals surface area contributed by atoms with Crippen LogP contribution in [0.15, 0.2) is 63.7 Å². The average molecular weight is 368 g/mol. The number of allylic oxidation sites excluding steroid dienone is 5. The van der Waals surface area contributed by atoms with Crippen LogP contribution >= 0.6 is 15.9 Å². The molecule has 1 rings (SSSR count). The number of rotatable bonds is 5. The fourth-order valence-corrected chi connectivity index (χ4v) is 1.73. The van der Waals surface area contributed by atoms with Crippen molar-refractivity contribution in [2.24, 2.45) is 4.99 Å². The number of hydrogen-bond donors (Lipinski definition) is 2. The van der Waals surface area contributed by atoms with Gasteiger partial charge < -0.3 is 10.6 Å². The third-order valence-electron chi connectivity index (χ3n) is 2.56. The molecule has 1 aliphatic rings. The minimum atomic E-state index is -0.690. The van der Waals surface area contributed by atoms with E-state index in [-0.39, 0.29) is 11.3 Å². The van der Waals surface area contributed by atoms with E-state index in [2.05, 4.69) is 38.1 Å². The predicted octanol–water partition coefficient (Wildman–Crippen LogP) is 2.76. The van der Waals surface area contributed by atoms with Crippen LogP contribution < -0.4 is 10.6 Å². The zero-order valence-corrected chi connectivity index (χ0v) is 13.5. The van der Waals surface area contributed by atoms with E-state index >= 15 is 0 Å². The van der Waals surface area contributed by atoms with Crippen LogP contribution in [0.1, 0.15) is 13.3 Å². The van der Waals surface area contributed by atoms with Gasteiger partial charge >= 0.3 is 0 Å². The molecule has 0 fully saturated rings. The van der Waals surface area contributed by atoms with Crippen LogP contribution in [0.2, 0.25) is 0 Å². The summed E-state index contributed by atoms with van der Waals surface area (Å²) in [7, 11) is 0. The van der Waals surface area contributed by atoms with Crippen LogP contribution in [-0.4, -0.2) is 18.2 Å². The summed E-state index contributed by atoms with van der Waals surface area (Å²) < 4.78 is 13.5. The monoisotopic (exact) mass is 367 g/mol. The van der Waals surface area contributed by atoms with Gasteiger partial charge in [-0.2, -0.15) is 0 Å². The van der Waals surface area contributed by atoms with E-state index < -0.39 is 11.7 Å². The molecule has 2 amide bonds. The van der Waals surface area contributed by atoms with Crippen molar-refractivity contribution in [3.8, 4) is 0 Å². The number of halogens is 2. The normalized spacial score (nSPS) is 15.4. The zero-order valence-electron chi connectivity index (χ0n) is 11.9. The van der Waals surface area contributed by atoms with Crippen molar-refractivity contribution in [3.63, 3.8) is 0 Å². The fraction of sp³-hybridized carbons (Fsp3) is 0.133. The molecule has 0 atom stereocenters. The molecule has 0 saturated heterocycles. The van der Waals surface area contributed by atoms with Crippen molar-refractivity contribution >= 4 is 34.1 Å². The first-order chi connectivity index (χ1) is 10.4. The number of carbonyl (C=O) groups is 2. The summed E-state index contributed by atoms with van der Waals surface area (Å²) in [6.07, 6.45) is 8.48. The van der Waals surface area contributed by atoms with Gasteiger partial charge in [0.15, 0.2) is 0 Å². The first kappa shape index (κ1) is 17.8. The molecule has 116 valence electrons. The Labute approximate surface area is 136 Å². The highest BCUT2D eigenvalue weighted by Gasteiger charge is 2.11. The van der Waals surface area contributed by atoms with Crippen molar-refractivity contribution in [3.05, 3.63) is 58.7 Å². The van der Waals surface area contributed by atoms with Gasteiger partial charge in [0.05, 0.1) is 0 Å². The Bertz CT molecular complexity index is 631. The maximum Gasteiger partial charge on any atom is 0.254 e. The Hall–Kier alpha value is -2.28. The topological polar surface area (TPSA) is 70.6 Å². The van der Waals surface area contributed by atoms with Crippen molar-refractivity contribution < 1.29 is 14.0 Å². The molecule has 0 aliphatic carbocycles. The zero-order chi connectivity index (χ0) is 16.5. The van der Waals surface area contributed by atoms with Crippen molar-refractivity contribution in [2.45, 2.75) is 13.3 Å². The third-order valence-corrected chi connectivity index (χ3v) is 3.09. The molecule has 22 heavy (non-hydrogen) atoms. The van der Waals surface area contributed by atoms with Crippen LogP contribution in [-0.2, 0) is 9.59 Å². The highest BCUT2D eigenvalue weighted by molar-refractivity contribution is 9.11. The molecular weight excluding hydrogens is 353 g/mol. The van der Waals surface area contributed by atoms with Gasteiger partial charge in [-0.15, -0.1) is 0 Å². The number of nitrogens with zero attached hydrogens (tertiary/aromatic N) is 1. The van der Waals surface area contributed by atoms with E-state index in [1.54, 1.807) is 12.3 Å². The number of amidine groups is 1. The lowest BCUT2D eigenvalue weighted by atomic mass is 10.2. The minimum Gasteiger partial charge on any atom is -0.328 e. The molecule has 2 N–H and O–H groups in total. The van der Waals surface area contributed by atoms with Crippen molar-refractivity contribution in [1.82, 2.24) is 10.6 Å². The molecule has 0 aromatic rings. The first-order valence-electron chi connectivity index (χ1n) is 6.27. The summed E-state index contributed by atoms with van der Waals surface area (Å²) in [6, 6.07) is 0. The van der Waals surface area contributed by atoms with Crippen LogP contribution in [0.3, 0.4) is 0 Å². The molecule has 0 aromatic heterocycles. The largest absolute Gasteiger partial charge is 0.328 e. The Morgan fingerprint density at radius 2 is 2.23 bits per heavy atom. The second-order valence-corrected chi connectivity index (χ2v) is 5.25. The summed E-state index contributed by atoms with van der Waals surface area (Å²) in [6.45, 7) is 4.57. The number of hydrogen-bond acceptors (Lipinski definition) is 3. The molecule has 7 heteroatoms. The summed E-state index contributed by atoms with van der Waals surface area (Å²) in [5.74, 6) is -0.791.